The van der Waals surface area contributed by atoms with E-state index in [1.54, 1.807) is 30.3 Å². The molecule has 1 aliphatic rings. The summed E-state index contributed by atoms with van der Waals surface area (Å²) in [4.78, 5) is 5.26. The minimum absolute atomic E-state index is 0.243. The predicted octanol–water partition coefficient (Wildman–Crippen LogP) is 5.71. The van der Waals surface area contributed by atoms with Crippen molar-refractivity contribution in [2.45, 2.75) is 19.5 Å². The first kappa shape index (κ1) is 18.2. The average molecular weight is 388 g/mol. The minimum atomic E-state index is -4.70. The lowest BCUT2D eigenvalue weighted by molar-refractivity contribution is -0.274. The van der Waals surface area contributed by atoms with Gasteiger partial charge in [0.15, 0.2) is 0 Å². The molecule has 4 rings (SSSR count). The number of aromatic nitrogens is 1. The molecule has 7 heteroatoms. The molecule has 0 unspecified atom stereocenters. The Hall–Kier alpha value is -3.22. The molecule has 0 atom stereocenters. The topological polar surface area (TPSA) is 28.3 Å². The largest absolute Gasteiger partial charge is 0.573 e. The van der Waals surface area contributed by atoms with E-state index in [0.29, 0.717) is 24.3 Å². The van der Waals surface area contributed by atoms with Crippen LogP contribution < -0.4 is 4.74 Å². The van der Waals surface area contributed by atoms with Crippen LogP contribution in [0.2, 0.25) is 0 Å². The lowest BCUT2D eigenvalue weighted by Gasteiger charge is -2.23. The molecule has 0 saturated heterocycles. The van der Waals surface area contributed by atoms with Crippen LogP contribution in [0.4, 0.5) is 17.6 Å². The normalized spacial score (nSPS) is 13.5. The van der Waals surface area contributed by atoms with E-state index < -0.39 is 6.36 Å². The molecule has 0 fully saturated rings. The second-order valence-corrected chi connectivity index (χ2v) is 6.51. The van der Waals surface area contributed by atoms with Gasteiger partial charge in [0.25, 0.3) is 0 Å². The fourth-order valence-electron chi connectivity index (χ4n) is 3.21. The summed E-state index contributed by atoms with van der Waals surface area (Å²) in [6.07, 6.45) is -0.883. The van der Waals surface area contributed by atoms with Crippen LogP contribution in [0.5, 0.6) is 5.75 Å². The highest BCUT2D eigenvalue weighted by Crippen LogP contribution is 2.29. The zero-order chi connectivity index (χ0) is 19.7. The summed E-state index contributed by atoms with van der Waals surface area (Å²) in [7, 11) is 0. The number of benzene rings is 2. The highest BCUT2D eigenvalue weighted by atomic mass is 19.4. The molecule has 0 bridgehead atoms. The van der Waals surface area contributed by atoms with E-state index in [1.165, 1.54) is 18.2 Å². The van der Waals surface area contributed by atoms with Crippen LogP contribution in [0.15, 0.2) is 60.8 Å². The Bertz CT molecular complexity index is 1010. The highest BCUT2D eigenvalue weighted by Gasteiger charge is 2.31. The van der Waals surface area contributed by atoms with Gasteiger partial charge in [-0.2, -0.15) is 0 Å². The number of aromatic amines is 1. The summed E-state index contributed by atoms with van der Waals surface area (Å²) in [6, 6.07) is 14.3. The molecule has 0 saturated carbocycles. The molecule has 2 aromatic carbocycles. The Balaban J connectivity index is 1.45. The van der Waals surface area contributed by atoms with Gasteiger partial charge in [-0.05, 0) is 47.5 Å². The van der Waals surface area contributed by atoms with E-state index in [4.69, 9.17) is 0 Å². The zero-order valence-corrected chi connectivity index (χ0v) is 14.6. The summed E-state index contributed by atoms with van der Waals surface area (Å²) in [6.45, 7) is 1.14. The quantitative estimate of drug-likeness (QED) is 0.580. The SMILES string of the molecule is Fc1ccccc1-c1cc2c([nH]1)C=CN(Cc1ccc(OC(F)(F)F)cc1)C2. The van der Waals surface area contributed by atoms with Crippen molar-refractivity contribution in [3.05, 3.63) is 83.4 Å². The van der Waals surface area contributed by atoms with Gasteiger partial charge in [-0.3, -0.25) is 0 Å². The molecular formula is C21H16F4N2O. The van der Waals surface area contributed by atoms with Crippen molar-refractivity contribution in [1.82, 2.24) is 9.88 Å². The first-order valence-corrected chi connectivity index (χ1v) is 8.61. The number of rotatable bonds is 4. The minimum Gasteiger partial charge on any atom is -0.406 e. The van der Waals surface area contributed by atoms with Gasteiger partial charge in [-0.1, -0.05) is 24.3 Å². The van der Waals surface area contributed by atoms with E-state index in [0.717, 1.165) is 16.8 Å². The van der Waals surface area contributed by atoms with E-state index in [-0.39, 0.29) is 11.6 Å². The van der Waals surface area contributed by atoms with Crippen LogP contribution in [-0.4, -0.2) is 16.2 Å². The Morgan fingerprint density at radius 1 is 1.04 bits per heavy atom. The van der Waals surface area contributed by atoms with Crippen molar-refractivity contribution in [2.75, 3.05) is 0 Å². The number of nitrogens with zero attached hydrogens (tertiary/aromatic N) is 1. The van der Waals surface area contributed by atoms with Gasteiger partial charge in [-0.15, -0.1) is 13.2 Å². The van der Waals surface area contributed by atoms with E-state index >= 15 is 0 Å². The molecule has 0 aliphatic carbocycles. The summed E-state index contributed by atoms with van der Waals surface area (Å²) in [5, 5.41) is 0. The van der Waals surface area contributed by atoms with Crippen molar-refractivity contribution in [2.24, 2.45) is 0 Å². The van der Waals surface area contributed by atoms with Gasteiger partial charge in [0, 0.05) is 36.2 Å². The molecule has 0 radical (unpaired) electrons. The van der Waals surface area contributed by atoms with Crippen LogP contribution in [0.3, 0.4) is 0 Å². The first-order valence-electron chi connectivity index (χ1n) is 8.61. The molecule has 1 aromatic heterocycles. The van der Waals surface area contributed by atoms with Crippen molar-refractivity contribution < 1.29 is 22.3 Å². The standard InChI is InChI=1S/C21H16F4N2O/c22-18-4-2-1-3-17(18)20-11-15-13-27(10-9-19(15)26-20)12-14-5-7-16(8-6-14)28-21(23,24)25/h1-11,26H,12-13H2. The molecular weight excluding hydrogens is 372 g/mol. The fourth-order valence-corrected chi connectivity index (χ4v) is 3.21. The van der Waals surface area contributed by atoms with Crippen molar-refractivity contribution in [3.63, 3.8) is 0 Å². The molecule has 144 valence electrons. The number of hydrogen-bond acceptors (Lipinski definition) is 2. The lowest BCUT2D eigenvalue weighted by atomic mass is 10.1. The van der Waals surface area contributed by atoms with Crippen LogP contribution in [0.1, 0.15) is 16.8 Å². The molecule has 1 N–H and O–H groups in total. The maximum atomic E-state index is 14.0. The lowest BCUT2D eigenvalue weighted by Crippen LogP contribution is -2.19. The fraction of sp³-hybridized carbons (Fsp3) is 0.143. The zero-order valence-electron chi connectivity index (χ0n) is 14.6. The van der Waals surface area contributed by atoms with Gasteiger partial charge in [-0.25, -0.2) is 4.39 Å². The number of halogens is 4. The highest BCUT2D eigenvalue weighted by molar-refractivity contribution is 5.66. The van der Waals surface area contributed by atoms with Gasteiger partial charge in [0.05, 0.1) is 0 Å². The van der Waals surface area contributed by atoms with Crippen LogP contribution in [0, 0.1) is 5.82 Å². The van der Waals surface area contributed by atoms with Crippen LogP contribution in [-0.2, 0) is 13.1 Å². The maximum absolute atomic E-state index is 14.0. The summed E-state index contributed by atoms with van der Waals surface area (Å²) in [5.74, 6) is -0.531. The molecule has 2 heterocycles. The molecule has 28 heavy (non-hydrogen) atoms. The summed E-state index contributed by atoms with van der Waals surface area (Å²) < 4.78 is 54.6. The number of H-pyrrole nitrogens is 1. The van der Waals surface area contributed by atoms with Gasteiger partial charge in [0.1, 0.15) is 11.6 Å². The van der Waals surface area contributed by atoms with Gasteiger partial charge in [0.2, 0.25) is 0 Å². The monoisotopic (exact) mass is 388 g/mol. The molecule has 1 aliphatic heterocycles. The van der Waals surface area contributed by atoms with Crippen molar-refractivity contribution in [1.29, 1.82) is 0 Å². The van der Waals surface area contributed by atoms with E-state index in [1.807, 2.05) is 23.2 Å². The number of nitrogens with one attached hydrogen (secondary N) is 1. The number of fused-ring (bicyclic) bond motifs is 1. The predicted molar refractivity (Wildman–Crippen MR) is 97.6 cm³/mol. The van der Waals surface area contributed by atoms with Crippen molar-refractivity contribution in [3.8, 4) is 17.0 Å². The molecule has 3 aromatic rings. The van der Waals surface area contributed by atoms with Gasteiger partial charge < -0.3 is 14.6 Å². The molecule has 0 spiro atoms. The number of ether oxygens (including phenoxy) is 1. The maximum Gasteiger partial charge on any atom is 0.573 e. The molecule has 0 amide bonds. The second kappa shape index (κ2) is 7.07. The van der Waals surface area contributed by atoms with Crippen LogP contribution in [0.25, 0.3) is 17.3 Å². The van der Waals surface area contributed by atoms with E-state index in [2.05, 4.69) is 9.72 Å². The van der Waals surface area contributed by atoms with Gasteiger partial charge >= 0.3 is 6.36 Å². The second-order valence-electron chi connectivity index (χ2n) is 6.51. The summed E-state index contributed by atoms with van der Waals surface area (Å²) in [5.41, 5.74) is 4.02. The first-order chi connectivity index (χ1) is 13.4. The Morgan fingerprint density at radius 3 is 2.50 bits per heavy atom. The van der Waals surface area contributed by atoms with Crippen molar-refractivity contribution >= 4 is 6.08 Å². The third kappa shape index (κ3) is 4.03. The third-order valence-electron chi connectivity index (χ3n) is 4.47. The average Bonchev–Trinajstić information content (AvgIpc) is 3.05. The Morgan fingerprint density at radius 2 is 1.79 bits per heavy atom. The summed E-state index contributed by atoms with van der Waals surface area (Å²) >= 11 is 0. The number of hydrogen-bond donors (Lipinski definition) is 1. The molecule has 3 nitrogen and oxygen atoms in total. The van der Waals surface area contributed by atoms with E-state index in [9.17, 15) is 17.6 Å². The Kier molecular flexibility index (Phi) is 4.58. The number of alkyl halides is 3. The van der Waals surface area contributed by atoms with Crippen LogP contribution >= 0.6 is 0 Å². The Labute approximate surface area is 158 Å². The smallest absolute Gasteiger partial charge is 0.406 e. The third-order valence-corrected chi connectivity index (χ3v) is 4.47.